The summed E-state index contributed by atoms with van der Waals surface area (Å²) < 4.78 is 0. The van der Waals surface area contributed by atoms with Crippen LogP contribution in [0.5, 0.6) is 0 Å². The van der Waals surface area contributed by atoms with Gasteiger partial charge < -0.3 is 0 Å². The van der Waals surface area contributed by atoms with Gasteiger partial charge in [-0.3, -0.25) is 9.69 Å². The highest BCUT2D eigenvalue weighted by atomic mass is 35.5. The molecule has 1 amide bonds. The smallest absolute Gasteiger partial charge is 0.232 e. The Morgan fingerprint density at radius 1 is 1.08 bits per heavy atom. The maximum absolute atomic E-state index is 13.0. The van der Waals surface area contributed by atoms with Crippen LogP contribution in [0.1, 0.15) is 38.5 Å². The monoisotopic (exact) mass is 396 g/mol. The number of aromatic nitrogens is 1. The molecule has 0 radical (unpaired) electrons. The third kappa shape index (κ3) is 4.66. The second-order valence-electron chi connectivity index (χ2n) is 6.35. The van der Waals surface area contributed by atoms with Gasteiger partial charge in [-0.15, -0.1) is 0 Å². The van der Waals surface area contributed by atoms with Gasteiger partial charge in [0.2, 0.25) is 5.91 Å². The van der Waals surface area contributed by atoms with Crippen LogP contribution < -0.4 is 4.90 Å². The van der Waals surface area contributed by atoms with Crippen molar-refractivity contribution in [2.24, 2.45) is 5.92 Å². The number of anilines is 2. The molecule has 0 atom stereocenters. The number of rotatable bonds is 5. The van der Waals surface area contributed by atoms with Crippen molar-refractivity contribution >= 4 is 52.2 Å². The molecule has 1 aliphatic carbocycles. The number of amides is 1. The lowest BCUT2D eigenvalue weighted by Crippen LogP contribution is -2.27. The van der Waals surface area contributed by atoms with E-state index in [0.29, 0.717) is 38.9 Å². The molecule has 0 aliphatic heterocycles. The van der Waals surface area contributed by atoms with Gasteiger partial charge in [-0.1, -0.05) is 60.5 Å². The summed E-state index contributed by atoms with van der Waals surface area (Å²) in [5.41, 5.74) is 0.653. The number of pyridine rings is 1. The molecule has 6 heteroatoms. The largest absolute Gasteiger partial charge is 0.274 e. The quantitative estimate of drug-likeness (QED) is 0.564. The molecule has 1 heterocycles. The number of hydrogen-bond acceptors (Lipinski definition) is 2. The van der Waals surface area contributed by atoms with Crippen LogP contribution in [-0.4, -0.2) is 10.9 Å². The first-order valence-corrected chi connectivity index (χ1v) is 9.57. The van der Waals surface area contributed by atoms with Crippen molar-refractivity contribution in [3.63, 3.8) is 0 Å². The van der Waals surface area contributed by atoms with E-state index in [0.717, 1.165) is 6.42 Å². The van der Waals surface area contributed by atoms with E-state index in [9.17, 15) is 4.79 Å². The van der Waals surface area contributed by atoms with E-state index in [1.54, 1.807) is 35.2 Å². The molecule has 2 aromatic rings. The summed E-state index contributed by atoms with van der Waals surface area (Å²) in [7, 11) is 0. The minimum Gasteiger partial charge on any atom is -0.274 e. The number of carbonyl (C=O) groups is 1. The molecule has 25 heavy (non-hydrogen) atoms. The lowest BCUT2D eigenvalue weighted by molar-refractivity contribution is -0.118. The number of halogens is 3. The number of carbonyl (C=O) groups excluding carboxylic acids is 1. The molecule has 3 rings (SSSR count). The summed E-state index contributed by atoms with van der Waals surface area (Å²) in [6.45, 7) is 0. The Kier molecular flexibility index (Phi) is 6.21. The molecule has 1 aromatic carbocycles. The SMILES string of the molecule is O=C(CCC1CCCC1)N(c1ccc(Cl)c(Cl)c1)c1ccc(Cl)cn1. The lowest BCUT2D eigenvalue weighted by Gasteiger charge is -2.23. The molecule has 1 fully saturated rings. The van der Waals surface area contributed by atoms with E-state index in [1.165, 1.54) is 31.9 Å². The van der Waals surface area contributed by atoms with Crippen molar-refractivity contribution in [2.45, 2.75) is 38.5 Å². The maximum atomic E-state index is 13.0. The molecule has 0 bridgehead atoms. The van der Waals surface area contributed by atoms with Crippen molar-refractivity contribution in [1.82, 2.24) is 4.98 Å². The zero-order valence-electron chi connectivity index (χ0n) is 13.7. The minimum absolute atomic E-state index is 0.000103. The Morgan fingerprint density at radius 2 is 1.84 bits per heavy atom. The average Bonchev–Trinajstić information content (AvgIpc) is 3.12. The number of benzene rings is 1. The summed E-state index contributed by atoms with van der Waals surface area (Å²) in [5.74, 6) is 1.18. The highest BCUT2D eigenvalue weighted by Gasteiger charge is 2.22. The van der Waals surface area contributed by atoms with Gasteiger partial charge in [-0.05, 0) is 42.7 Å². The van der Waals surface area contributed by atoms with E-state index in [4.69, 9.17) is 34.8 Å². The van der Waals surface area contributed by atoms with Gasteiger partial charge in [0.1, 0.15) is 5.82 Å². The Labute approximate surface area is 162 Å². The molecular weight excluding hydrogens is 379 g/mol. The van der Waals surface area contributed by atoms with Gasteiger partial charge in [0.25, 0.3) is 0 Å². The minimum atomic E-state index is 0.000103. The van der Waals surface area contributed by atoms with Gasteiger partial charge in [0, 0.05) is 12.6 Å². The van der Waals surface area contributed by atoms with E-state index in [1.807, 2.05) is 0 Å². The van der Waals surface area contributed by atoms with E-state index < -0.39 is 0 Å². The Bertz CT molecular complexity index is 743. The van der Waals surface area contributed by atoms with Crippen molar-refractivity contribution in [3.8, 4) is 0 Å². The zero-order chi connectivity index (χ0) is 17.8. The second kappa shape index (κ2) is 8.39. The van der Waals surface area contributed by atoms with Crippen molar-refractivity contribution in [3.05, 3.63) is 51.6 Å². The Hall–Kier alpha value is -1.29. The number of nitrogens with zero attached hydrogens (tertiary/aromatic N) is 2. The second-order valence-corrected chi connectivity index (χ2v) is 7.60. The lowest BCUT2D eigenvalue weighted by atomic mass is 10.0. The molecule has 0 saturated heterocycles. The molecular formula is C19H19Cl3N2O. The van der Waals surface area contributed by atoms with Crippen LogP contribution in [0, 0.1) is 5.92 Å². The first kappa shape index (κ1) is 18.5. The molecule has 1 saturated carbocycles. The van der Waals surface area contributed by atoms with Gasteiger partial charge in [0.15, 0.2) is 0 Å². The van der Waals surface area contributed by atoms with Crippen LogP contribution in [0.25, 0.3) is 0 Å². The predicted octanol–water partition coefficient (Wildman–Crippen LogP) is 6.68. The molecule has 132 valence electrons. The molecule has 0 unspecified atom stereocenters. The van der Waals surface area contributed by atoms with Crippen LogP contribution in [0.15, 0.2) is 36.5 Å². The summed E-state index contributed by atoms with van der Waals surface area (Å²) in [6.07, 6.45) is 7.91. The fraction of sp³-hybridized carbons (Fsp3) is 0.368. The van der Waals surface area contributed by atoms with Crippen LogP contribution in [0.4, 0.5) is 11.5 Å². The highest BCUT2D eigenvalue weighted by molar-refractivity contribution is 6.42. The first-order chi connectivity index (χ1) is 12.0. The highest BCUT2D eigenvalue weighted by Crippen LogP contribution is 2.33. The van der Waals surface area contributed by atoms with E-state index in [-0.39, 0.29) is 5.91 Å². The van der Waals surface area contributed by atoms with Crippen molar-refractivity contribution < 1.29 is 4.79 Å². The predicted molar refractivity (Wildman–Crippen MR) is 104 cm³/mol. The third-order valence-corrected chi connectivity index (χ3v) is 5.56. The van der Waals surface area contributed by atoms with Gasteiger partial charge >= 0.3 is 0 Å². The summed E-state index contributed by atoms with van der Waals surface area (Å²) >= 11 is 18.1. The van der Waals surface area contributed by atoms with E-state index >= 15 is 0 Å². The summed E-state index contributed by atoms with van der Waals surface area (Å²) in [6, 6.07) is 8.61. The van der Waals surface area contributed by atoms with Gasteiger partial charge in [-0.25, -0.2) is 4.98 Å². The standard InChI is InChI=1S/C19H19Cl3N2O/c20-14-6-9-18(23-12-14)24(15-7-8-16(21)17(22)11-15)19(25)10-5-13-3-1-2-4-13/h6-9,11-13H,1-5,10H2. The van der Waals surface area contributed by atoms with Crippen molar-refractivity contribution in [2.75, 3.05) is 4.90 Å². The van der Waals surface area contributed by atoms with Crippen LogP contribution in [-0.2, 0) is 4.79 Å². The summed E-state index contributed by atoms with van der Waals surface area (Å²) in [5, 5.41) is 1.38. The molecule has 3 nitrogen and oxygen atoms in total. The molecule has 0 spiro atoms. The normalized spacial score (nSPS) is 14.7. The van der Waals surface area contributed by atoms with E-state index in [2.05, 4.69) is 4.98 Å². The fourth-order valence-electron chi connectivity index (χ4n) is 3.27. The average molecular weight is 398 g/mol. The fourth-order valence-corrected chi connectivity index (χ4v) is 3.67. The number of hydrogen-bond donors (Lipinski definition) is 0. The van der Waals surface area contributed by atoms with Crippen LogP contribution in [0.3, 0.4) is 0 Å². The van der Waals surface area contributed by atoms with Crippen LogP contribution >= 0.6 is 34.8 Å². The Morgan fingerprint density at radius 3 is 2.48 bits per heavy atom. The van der Waals surface area contributed by atoms with Crippen LogP contribution in [0.2, 0.25) is 15.1 Å². The first-order valence-electron chi connectivity index (χ1n) is 8.44. The van der Waals surface area contributed by atoms with Crippen molar-refractivity contribution in [1.29, 1.82) is 0 Å². The Balaban J connectivity index is 1.86. The zero-order valence-corrected chi connectivity index (χ0v) is 16.0. The maximum Gasteiger partial charge on any atom is 0.232 e. The third-order valence-electron chi connectivity index (χ3n) is 4.59. The molecule has 1 aromatic heterocycles. The topological polar surface area (TPSA) is 33.2 Å². The van der Waals surface area contributed by atoms with Gasteiger partial charge in [0.05, 0.1) is 20.8 Å². The summed E-state index contributed by atoms with van der Waals surface area (Å²) in [4.78, 5) is 18.9. The van der Waals surface area contributed by atoms with Gasteiger partial charge in [-0.2, -0.15) is 0 Å². The molecule has 0 N–H and O–H groups in total. The molecule has 1 aliphatic rings.